The molecule has 0 saturated heterocycles. The second-order valence-corrected chi connectivity index (χ2v) is 5.16. The molecule has 0 spiro atoms. The number of aromatic hydroxyl groups is 1. The monoisotopic (exact) mass is 250 g/mol. The van der Waals surface area contributed by atoms with Crippen LogP contribution < -0.4 is 5.73 Å². The van der Waals surface area contributed by atoms with Crippen molar-refractivity contribution in [2.24, 2.45) is 11.7 Å². The maximum Gasteiger partial charge on any atom is 0.231 e. The number of phenolic OH excluding ortho intramolecular Hbond substituents is 1. The van der Waals surface area contributed by atoms with E-state index in [4.69, 9.17) is 5.73 Å². The van der Waals surface area contributed by atoms with E-state index >= 15 is 0 Å². The van der Waals surface area contributed by atoms with Crippen LogP contribution in [-0.4, -0.2) is 29.0 Å². The zero-order valence-electron chi connectivity index (χ0n) is 11.3. The van der Waals surface area contributed by atoms with Crippen LogP contribution in [0.3, 0.4) is 0 Å². The molecule has 18 heavy (non-hydrogen) atoms. The Morgan fingerprint density at radius 3 is 2.67 bits per heavy atom. The summed E-state index contributed by atoms with van der Waals surface area (Å²) in [6.07, 6.45) is 0. The molecule has 0 aliphatic rings. The quantitative estimate of drug-likeness (QED) is 0.806. The van der Waals surface area contributed by atoms with Crippen LogP contribution in [0.15, 0.2) is 18.2 Å². The van der Waals surface area contributed by atoms with Crippen molar-refractivity contribution in [3.63, 3.8) is 0 Å². The minimum atomic E-state index is -0.345. The number of phenols is 1. The van der Waals surface area contributed by atoms with Gasteiger partial charge in [-0.1, -0.05) is 31.5 Å². The highest BCUT2D eigenvalue weighted by atomic mass is 16.3. The van der Waals surface area contributed by atoms with E-state index in [1.807, 2.05) is 24.0 Å². The molecule has 0 aliphatic carbocycles. The number of nitrogens with zero attached hydrogens (tertiary/aromatic N) is 1. The van der Waals surface area contributed by atoms with E-state index in [1.165, 1.54) is 0 Å². The van der Waals surface area contributed by atoms with E-state index in [2.05, 4.69) is 13.8 Å². The predicted octanol–water partition coefficient (Wildman–Crippen LogP) is 1.64. The SMILES string of the molecule is Cc1ccc(O)c(CN(CC(N)=O)CC(C)C)c1. The summed E-state index contributed by atoms with van der Waals surface area (Å²) in [5.41, 5.74) is 7.17. The van der Waals surface area contributed by atoms with E-state index in [0.717, 1.165) is 17.7 Å². The highest BCUT2D eigenvalue weighted by Gasteiger charge is 2.13. The summed E-state index contributed by atoms with van der Waals surface area (Å²) in [7, 11) is 0. The van der Waals surface area contributed by atoms with Gasteiger partial charge in [0.1, 0.15) is 5.75 Å². The Kier molecular flexibility index (Phi) is 5.16. The average molecular weight is 250 g/mol. The van der Waals surface area contributed by atoms with Crippen LogP contribution in [0.5, 0.6) is 5.75 Å². The first-order valence-electron chi connectivity index (χ1n) is 6.17. The second-order valence-electron chi connectivity index (χ2n) is 5.16. The van der Waals surface area contributed by atoms with E-state index < -0.39 is 0 Å². The minimum absolute atomic E-state index is 0.214. The largest absolute Gasteiger partial charge is 0.508 e. The first-order chi connectivity index (χ1) is 8.38. The van der Waals surface area contributed by atoms with E-state index in [9.17, 15) is 9.90 Å². The zero-order chi connectivity index (χ0) is 13.7. The Bertz CT molecular complexity index is 416. The Morgan fingerprint density at radius 2 is 2.11 bits per heavy atom. The van der Waals surface area contributed by atoms with Gasteiger partial charge < -0.3 is 10.8 Å². The molecular formula is C14H22N2O2. The third-order valence-corrected chi connectivity index (χ3v) is 2.63. The number of amides is 1. The molecule has 100 valence electrons. The van der Waals surface area contributed by atoms with E-state index in [1.54, 1.807) is 6.07 Å². The van der Waals surface area contributed by atoms with Gasteiger partial charge in [-0.25, -0.2) is 0 Å². The summed E-state index contributed by atoms with van der Waals surface area (Å²) >= 11 is 0. The molecule has 4 nitrogen and oxygen atoms in total. The topological polar surface area (TPSA) is 66.6 Å². The molecule has 0 heterocycles. The average Bonchev–Trinajstić information content (AvgIpc) is 2.21. The lowest BCUT2D eigenvalue weighted by atomic mass is 10.1. The maximum absolute atomic E-state index is 11.1. The molecule has 3 N–H and O–H groups in total. The second kappa shape index (κ2) is 6.40. The molecule has 0 radical (unpaired) electrons. The van der Waals surface area contributed by atoms with Crippen molar-refractivity contribution in [3.8, 4) is 5.75 Å². The van der Waals surface area contributed by atoms with Gasteiger partial charge in [-0.2, -0.15) is 0 Å². The Hall–Kier alpha value is -1.55. The zero-order valence-corrected chi connectivity index (χ0v) is 11.3. The Balaban J connectivity index is 2.81. The van der Waals surface area contributed by atoms with Gasteiger partial charge >= 0.3 is 0 Å². The van der Waals surface area contributed by atoms with Crippen LogP contribution in [0, 0.1) is 12.8 Å². The van der Waals surface area contributed by atoms with Gasteiger partial charge in [-0.05, 0) is 18.9 Å². The first-order valence-corrected chi connectivity index (χ1v) is 6.17. The molecule has 1 aromatic carbocycles. The molecule has 4 heteroatoms. The highest BCUT2D eigenvalue weighted by molar-refractivity contribution is 5.75. The van der Waals surface area contributed by atoms with Crippen molar-refractivity contribution in [2.75, 3.05) is 13.1 Å². The first kappa shape index (κ1) is 14.5. The fraction of sp³-hybridized carbons (Fsp3) is 0.500. The standard InChI is InChI=1S/C14H22N2O2/c1-10(2)7-16(9-14(15)18)8-12-6-11(3)4-5-13(12)17/h4-6,10,17H,7-9H2,1-3H3,(H2,15,18). The van der Waals surface area contributed by atoms with Gasteiger partial charge in [-0.15, -0.1) is 0 Å². The molecule has 0 saturated carbocycles. The number of nitrogens with two attached hydrogens (primary N) is 1. The fourth-order valence-electron chi connectivity index (χ4n) is 2.00. The number of rotatable bonds is 6. The predicted molar refractivity (Wildman–Crippen MR) is 72.2 cm³/mol. The van der Waals surface area contributed by atoms with Crippen LogP contribution >= 0.6 is 0 Å². The lowest BCUT2D eigenvalue weighted by molar-refractivity contribution is -0.119. The molecule has 0 aromatic heterocycles. The van der Waals surface area contributed by atoms with Crippen LogP contribution in [0.25, 0.3) is 0 Å². The van der Waals surface area contributed by atoms with Crippen LogP contribution in [-0.2, 0) is 11.3 Å². The van der Waals surface area contributed by atoms with Crippen molar-refractivity contribution in [2.45, 2.75) is 27.3 Å². The van der Waals surface area contributed by atoms with Crippen molar-refractivity contribution >= 4 is 5.91 Å². The van der Waals surface area contributed by atoms with Crippen LogP contribution in [0.1, 0.15) is 25.0 Å². The van der Waals surface area contributed by atoms with Gasteiger partial charge in [0.05, 0.1) is 6.54 Å². The number of carbonyl (C=O) groups excluding carboxylic acids is 1. The molecule has 1 rings (SSSR count). The summed E-state index contributed by atoms with van der Waals surface area (Å²) in [6.45, 7) is 7.68. The maximum atomic E-state index is 11.1. The summed E-state index contributed by atoms with van der Waals surface area (Å²) in [5, 5.41) is 9.81. The van der Waals surface area contributed by atoms with Gasteiger partial charge in [0.25, 0.3) is 0 Å². The Morgan fingerprint density at radius 1 is 1.44 bits per heavy atom. The number of hydrogen-bond donors (Lipinski definition) is 2. The Labute approximate surface area is 108 Å². The normalized spacial score (nSPS) is 11.2. The van der Waals surface area contributed by atoms with Gasteiger partial charge in [0.15, 0.2) is 0 Å². The lowest BCUT2D eigenvalue weighted by Crippen LogP contribution is -2.35. The smallest absolute Gasteiger partial charge is 0.231 e. The van der Waals surface area contributed by atoms with Crippen LogP contribution in [0.4, 0.5) is 0 Å². The van der Waals surface area contributed by atoms with Gasteiger partial charge in [0, 0.05) is 18.7 Å². The molecule has 0 atom stereocenters. The third kappa shape index (κ3) is 4.75. The fourth-order valence-corrected chi connectivity index (χ4v) is 2.00. The van der Waals surface area contributed by atoms with Crippen LogP contribution in [0.2, 0.25) is 0 Å². The van der Waals surface area contributed by atoms with Gasteiger partial charge in [-0.3, -0.25) is 9.69 Å². The molecule has 1 amide bonds. The van der Waals surface area contributed by atoms with E-state index in [-0.39, 0.29) is 18.2 Å². The van der Waals surface area contributed by atoms with Crippen molar-refractivity contribution in [1.29, 1.82) is 0 Å². The summed E-state index contributed by atoms with van der Waals surface area (Å²) in [5.74, 6) is 0.359. The molecule has 0 aliphatic heterocycles. The minimum Gasteiger partial charge on any atom is -0.508 e. The summed E-state index contributed by atoms with van der Waals surface area (Å²) in [6, 6.07) is 5.48. The van der Waals surface area contributed by atoms with E-state index in [0.29, 0.717) is 12.5 Å². The van der Waals surface area contributed by atoms with Gasteiger partial charge in [0.2, 0.25) is 5.91 Å². The third-order valence-electron chi connectivity index (χ3n) is 2.63. The molecular weight excluding hydrogens is 228 g/mol. The highest BCUT2D eigenvalue weighted by Crippen LogP contribution is 2.20. The molecule has 1 aromatic rings. The number of carbonyl (C=O) groups is 1. The van der Waals surface area contributed by atoms with Crippen molar-refractivity contribution in [1.82, 2.24) is 4.90 Å². The molecule has 0 bridgehead atoms. The number of benzene rings is 1. The number of hydrogen-bond acceptors (Lipinski definition) is 3. The molecule has 0 fully saturated rings. The summed E-state index contributed by atoms with van der Waals surface area (Å²) < 4.78 is 0. The van der Waals surface area contributed by atoms with Crippen molar-refractivity contribution in [3.05, 3.63) is 29.3 Å². The number of aryl methyl sites for hydroxylation is 1. The number of primary amides is 1. The summed E-state index contributed by atoms with van der Waals surface area (Å²) in [4.78, 5) is 13.0. The van der Waals surface area contributed by atoms with Crippen molar-refractivity contribution < 1.29 is 9.90 Å². The molecule has 0 unspecified atom stereocenters. The lowest BCUT2D eigenvalue weighted by Gasteiger charge is -2.23.